The lowest BCUT2D eigenvalue weighted by atomic mass is 10.0. The molecule has 0 aromatic heterocycles. The number of rotatable bonds is 5. The molecule has 0 fully saturated rings. The van der Waals surface area contributed by atoms with Crippen molar-refractivity contribution >= 4 is 39.1 Å². The van der Waals surface area contributed by atoms with E-state index in [-0.39, 0.29) is 11.9 Å². The highest BCUT2D eigenvalue weighted by molar-refractivity contribution is 9.10. The highest BCUT2D eigenvalue weighted by atomic mass is 79.9. The minimum atomic E-state index is -0.144. The Hall–Kier alpha value is -1.36. The Morgan fingerprint density at radius 3 is 2.67 bits per heavy atom. The quantitative estimate of drug-likeness (QED) is 0.816. The first-order chi connectivity index (χ1) is 10.1. The van der Waals surface area contributed by atoms with Gasteiger partial charge in [-0.2, -0.15) is 0 Å². The molecule has 1 unspecified atom stereocenters. The number of nitrogens with one attached hydrogen (secondary N) is 1. The Kier molecular flexibility index (Phi) is 5.79. The van der Waals surface area contributed by atoms with Crippen LogP contribution in [0.2, 0.25) is 5.02 Å². The molecule has 0 spiro atoms. The van der Waals surface area contributed by atoms with E-state index in [9.17, 15) is 4.79 Å². The number of amides is 1. The third-order valence-electron chi connectivity index (χ3n) is 3.11. The standard InChI is InChI=1S/C16H16BrClN2O/c17-12-6-7-13(18)15(10-12)20-16(21)9-8-14(19)11-4-2-1-3-5-11/h1-7,10,14H,8-9,19H2,(H,20,21). The van der Waals surface area contributed by atoms with Crippen LogP contribution in [0.1, 0.15) is 24.4 Å². The summed E-state index contributed by atoms with van der Waals surface area (Å²) in [6.45, 7) is 0. The van der Waals surface area contributed by atoms with Gasteiger partial charge in [0.15, 0.2) is 0 Å². The molecule has 0 saturated heterocycles. The largest absolute Gasteiger partial charge is 0.325 e. The number of benzene rings is 2. The molecule has 0 saturated carbocycles. The lowest BCUT2D eigenvalue weighted by molar-refractivity contribution is -0.116. The molecular weight excluding hydrogens is 352 g/mol. The van der Waals surface area contributed by atoms with Gasteiger partial charge in [0.05, 0.1) is 10.7 Å². The van der Waals surface area contributed by atoms with E-state index >= 15 is 0 Å². The number of anilines is 1. The summed E-state index contributed by atoms with van der Waals surface area (Å²) in [5, 5.41) is 3.31. The summed E-state index contributed by atoms with van der Waals surface area (Å²) in [7, 11) is 0. The minimum Gasteiger partial charge on any atom is -0.325 e. The Morgan fingerprint density at radius 1 is 1.24 bits per heavy atom. The fraction of sp³-hybridized carbons (Fsp3) is 0.188. The van der Waals surface area contributed by atoms with Gasteiger partial charge in [0.1, 0.15) is 0 Å². The topological polar surface area (TPSA) is 55.1 Å². The number of nitrogens with two attached hydrogens (primary N) is 1. The second-order valence-corrected chi connectivity index (χ2v) is 6.05. The molecule has 2 rings (SSSR count). The molecule has 2 aromatic rings. The summed E-state index contributed by atoms with van der Waals surface area (Å²) in [6, 6.07) is 14.9. The normalized spacial score (nSPS) is 12.0. The van der Waals surface area contributed by atoms with Gasteiger partial charge in [-0.05, 0) is 30.2 Å². The van der Waals surface area contributed by atoms with Crippen LogP contribution in [0.5, 0.6) is 0 Å². The molecule has 0 radical (unpaired) electrons. The van der Waals surface area contributed by atoms with Gasteiger partial charge >= 0.3 is 0 Å². The smallest absolute Gasteiger partial charge is 0.224 e. The molecular formula is C16H16BrClN2O. The number of halogens is 2. The maximum atomic E-state index is 12.0. The number of hydrogen-bond donors (Lipinski definition) is 2. The molecule has 5 heteroatoms. The summed E-state index contributed by atoms with van der Waals surface area (Å²) in [6.07, 6.45) is 0.931. The molecule has 1 amide bonds. The first-order valence-corrected chi connectivity index (χ1v) is 7.79. The van der Waals surface area contributed by atoms with Gasteiger partial charge < -0.3 is 11.1 Å². The minimum absolute atomic E-state index is 0.0959. The lowest BCUT2D eigenvalue weighted by Gasteiger charge is -2.12. The van der Waals surface area contributed by atoms with Gasteiger partial charge in [-0.25, -0.2) is 0 Å². The van der Waals surface area contributed by atoms with Crippen LogP contribution in [0.15, 0.2) is 53.0 Å². The molecule has 0 heterocycles. The van der Waals surface area contributed by atoms with Crippen LogP contribution >= 0.6 is 27.5 Å². The zero-order chi connectivity index (χ0) is 15.2. The van der Waals surface area contributed by atoms with Crippen LogP contribution in [0.4, 0.5) is 5.69 Å². The molecule has 110 valence electrons. The first kappa shape index (κ1) is 16.0. The van der Waals surface area contributed by atoms with Crippen molar-refractivity contribution < 1.29 is 4.79 Å². The fourth-order valence-electron chi connectivity index (χ4n) is 1.96. The Balaban J connectivity index is 1.89. The van der Waals surface area contributed by atoms with Gasteiger partial charge in [0.2, 0.25) is 5.91 Å². The van der Waals surface area contributed by atoms with Crippen molar-refractivity contribution in [3.05, 3.63) is 63.6 Å². The van der Waals surface area contributed by atoms with Crippen LogP contribution in [0, 0.1) is 0 Å². The lowest BCUT2D eigenvalue weighted by Crippen LogP contribution is -2.16. The van der Waals surface area contributed by atoms with Crippen LogP contribution in [-0.2, 0) is 4.79 Å². The average Bonchev–Trinajstić information content (AvgIpc) is 2.49. The van der Waals surface area contributed by atoms with E-state index in [1.54, 1.807) is 12.1 Å². The van der Waals surface area contributed by atoms with Crippen molar-refractivity contribution in [2.24, 2.45) is 5.73 Å². The predicted molar refractivity (Wildman–Crippen MR) is 90.4 cm³/mol. The van der Waals surface area contributed by atoms with E-state index in [0.29, 0.717) is 23.6 Å². The molecule has 3 nitrogen and oxygen atoms in total. The van der Waals surface area contributed by atoms with E-state index in [1.165, 1.54) is 0 Å². The van der Waals surface area contributed by atoms with Gasteiger partial charge in [-0.15, -0.1) is 0 Å². The van der Waals surface area contributed by atoms with Crippen molar-refractivity contribution in [1.82, 2.24) is 0 Å². The third kappa shape index (κ3) is 4.84. The molecule has 1 atom stereocenters. The van der Waals surface area contributed by atoms with Crippen molar-refractivity contribution in [2.75, 3.05) is 5.32 Å². The number of carbonyl (C=O) groups excluding carboxylic acids is 1. The van der Waals surface area contributed by atoms with E-state index < -0.39 is 0 Å². The second kappa shape index (κ2) is 7.59. The van der Waals surface area contributed by atoms with Gasteiger partial charge in [0.25, 0.3) is 0 Å². The van der Waals surface area contributed by atoms with E-state index in [0.717, 1.165) is 10.0 Å². The summed E-state index contributed by atoms with van der Waals surface area (Å²) < 4.78 is 0.864. The molecule has 0 aliphatic heterocycles. The Labute approximate surface area is 137 Å². The molecule has 2 aromatic carbocycles. The molecule has 3 N–H and O–H groups in total. The van der Waals surface area contributed by atoms with Crippen LogP contribution < -0.4 is 11.1 Å². The maximum absolute atomic E-state index is 12.0. The summed E-state index contributed by atoms with van der Waals surface area (Å²) in [4.78, 5) is 12.0. The monoisotopic (exact) mass is 366 g/mol. The summed E-state index contributed by atoms with van der Waals surface area (Å²) >= 11 is 9.39. The number of hydrogen-bond acceptors (Lipinski definition) is 2. The molecule has 0 aliphatic carbocycles. The van der Waals surface area contributed by atoms with Gasteiger partial charge in [-0.3, -0.25) is 4.79 Å². The third-order valence-corrected chi connectivity index (χ3v) is 3.94. The summed E-state index contributed by atoms with van der Waals surface area (Å²) in [5.41, 5.74) is 7.71. The zero-order valence-corrected chi connectivity index (χ0v) is 13.7. The van der Waals surface area contributed by atoms with Crippen LogP contribution in [0.3, 0.4) is 0 Å². The van der Waals surface area contributed by atoms with Crippen molar-refractivity contribution in [3.8, 4) is 0 Å². The van der Waals surface area contributed by atoms with E-state index in [4.69, 9.17) is 17.3 Å². The first-order valence-electron chi connectivity index (χ1n) is 6.61. The highest BCUT2D eigenvalue weighted by Gasteiger charge is 2.10. The maximum Gasteiger partial charge on any atom is 0.224 e. The predicted octanol–water partition coefficient (Wildman–Crippen LogP) is 4.52. The van der Waals surface area contributed by atoms with Crippen molar-refractivity contribution in [3.63, 3.8) is 0 Å². The Morgan fingerprint density at radius 2 is 1.95 bits per heavy atom. The van der Waals surface area contributed by atoms with Gasteiger partial charge in [0, 0.05) is 16.9 Å². The van der Waals surface area contributed by atoms with E-state index in [2.05, 4.69) is 21.2 Å². The Bertz CT molecular complexity index is 619. The zero-order valence-electron chi connectivity index (χ0n) is 11.4. The molecule has 0 aliphatic rings. The van der Waals surface area contributed by atoms with Crippen LogP contribution in [0.25, 0.3) is 0 Å². The van der Waals surface area contributed by atoms with Gasteiger partial charge in [-0.1, -0.05) is 57.9 Å². The van der Waals surface area contributed by atoms with Crippen molar-refractivity contribution in [2.45, 2.75) is 18.9 Å². The highest BCUT2D eigenvalue weighted by Crippen LogP contribution is 2.26. The van der Waals surface area contributed by atoms with Crippen LogP contribution in [-0.4, -0.2) is 5.91 Å². The van der Waals surface area contributed by atoms with E-state index in [1.807, 2.05) is 36.4 Å². The number of carbonyl (C=O) groups is 1. The average molecular weight is 368 g/mol. The summed E-state index contributed by atoms with van der Waals surface area (Å²) in [5.74, 6) is -0.0959. The SMILES string of the molecule is NC(CCC(=O)Nc1cc(Br)ccc1Cl)c1ccccc1. The molecule has 21 heavy (non-hydrogen) atoms. The fourth-order valence-corrected chi connectivity index (χ4v) is 2.49. The second-order valence-electron chi connectivity index (χ2n) is 4.73. The molecule has 0 bridgehead atoms. The van der Waals surface area contributed by atoms with Crippen molar-refractivity contribution in [1.29, 1.82) is 0 Å².